The average Bonchev–Trinajstić information content (AvgIpc) is 2.32. The fourth-order valence-electron chi connectivity index (χ4n) is 5.21. The van der Waals surface area contributed by atoms with Crippen molar-refractivity contribution in [2.75, 3.05) is 0 Å². The van der Waals surface area contributed by atoms with Crippen molar-refractivity contribution in [1.29, 1.82) is 0 Å². The van der Waals surface area contributed by atoms with Gasteiger partial charge in [0.15, 0.2) is 0 Å². The van der Waals surface area contributed by atoms with E-state index in [1.54, 1.807) is 0 Å². The molecular formula is C18H34. The first-order valence-corrected chi connectivity index (χ1v) is 8.33. The Kier molecular flexibility index (Phi) is 3.63. The fourth-order valence-corrected chi connectivity index (χ4v) is 5.21. The Hall–Kier alpha value is 0. The number of hydrogen-bond acceptors (Lipinski definition) is 0. The van der Waals surface area contributed by atoms with Gasteiger partial charge in [-0.3, -0.25) is 0 Å². The van der Waals surface area contributed by atoms with E-state index in [-0.39, 0.29) is 0 Å². The van der Waals surface area contributed by atoms with Gasteiger partial charge in [0, 0.05) is 0 Å². The SMILES string of the molecule is CCC(C)(CC)C1(C)CCC2(C(C)C)CCC2C1. The number of fused-ring (bicyclic) bond motifs is 1. The predicted molar refractivity (Wildman–Crippen MR) is 80.6 cm³/mol. The summed E-state index contributed by atoms with van der Waals surface area (Å²) in [7, 11) is 0. The van der Waals surface area contributed by atoms with Crippen LogP contribution in [0, 0.1) is 28.1 Å². The summed E-state index contributed by atoms with van der Waals surface area (Å²) in [5.74, 6) is 1.93. The van der Waals surface area contributed by atoms with Crippen LogP contribution in [0.2, 0.25) is 0 Å². The van der Waals surface area contributed by atoms with Crippen LogP contribution in [0.1, 0.15) is 86.5 Å². The number of rotatable bonds is 4. The molecule has 0 spiro atoms. The van der Waals surface area contributed by atoms with Crippen LogP contribution >= 0.6 is 0 Å². The molecule has 2 aliphatic rings. The maximum absolute atomic E-state index is 2.60. The Morgan fingerprint density at radius 3 is 2.06 bits per heavy atom. The van der Waals surface area contributed by atoms with Crippen LogP contribution in [0.4, 0.5) is 0 Å². The van der Waals surface area contributed by atoms with Crippen LogP contribution in [0.25, 0.3) is 0 Å². The van der Waals surface area contributed by atoms with Crippen molar-refractivity contribution in [3.63, 3.8) is 0 Å². The second-order valence-corrected chi connectivity index (χ2v) is 8.16. The molecule has 0 heterocycles. The summed E-state index contributed by atoms with van der Waals surface area (Å²) in [5, 5.41) is 0. The van der Waals surface area contributed by atoms with Gasteiger partial charge in [0.1, 0.15) is 0 Å². The van der Waals surface area contributed by atoms with E-state index in [4.69, 9.17) is 0 Å². The van der Waals surface area contributed by atoms with E-state index in [1.165, 1.54) is 44.9 Å². The first kappa shape index (κ1) is 14.4. The Bertz CT molecular complexity index is 299. The first-order chi connectivity index (χ1) is 8.33. The van der Waals surface area contributed by atoms with Gasteiger partial charge in [-0.25, -0.2) is 0 Å². The lowest BCUT2D eigenvalue weighted by atomic mass is 9.42. The van der Waals surface area contributed by atoms with Crippen LogP contribution in [-0.2, 0) is 0 Å². The molecule has 0 heteroatoms. The molecule has 0 aromatic carbocycles. The van der Waals surface area contributed by atoms with Crippen molar-refractivity contribution in [3.8, 4) is 0 Å². The zero-order valence-corrected chi connectivity index (χ0v) is 13.6. The third-order valence-electron chi connectivity index (χ3n) is 7.78. The van der Waals surface area contributed by atoms with E-state index in [2.05, 4.69) is 41.5 Å². The minimum Gasteiger partial charge on any atom is -0.0648 e. The topological polar surface area (TPSA) is 0 Å². The second kappa shape index (κ2) is 4.53. The zero-order valence-electron chi connectivity index (χ0n) is 13.6. The van der Waals surface area contributed by atoms with Gasteiger partial charge in [0.2, 0.25) is 0 Å². The van der Waals surface area contributed by atoms with Crippen molar-refractivity contribution < 1.29 is 0 Å². The Morgan fingerprint density at radius 2 is 1.72 bits per heavy atom. The van der Waals surface area contributed by atoms with Crippen LogP contribution in [-0.4, -0.2) is 0 Å². The quantitative estimate of drug-likeness (QED) is 0.569. The summed E-state index contributed by atoms with van der Waals surface area (Å²) in [4.78, 5) is 0. The van der Waals surface area contributed by atoms with Crippen molar-refractivity contribution in [1.82, 2.24) is 0 Å². The summed E-state index contributed by atoms with van der Waals surface area (Å²) >= 11 is 0. The smallest absolute Gasteiger partial charge is 0.0246 e. The van der Waals surface area contributed by atoms with Crippen molar-refractivity contribution in [2.45, 2.75) is 86.5 Å². The summed E-state index contributed by atoms with van der Waals surface area (Å²) < 4.78 is 0. The molecule has 3 atom stereocenters. The zero-order chi connectivity index (χ0) is 13.6. The molecule has 0 N–H and O–H groups in total. The molecule has 2 aliphatic carbocycles. The third-order valence-corrected chi connectivity index (χ3v) is 7.78. The molecule has 2 rings (SSSR count). The number of hydrogen-bond donors (Lipinski definition) is 0. The molecule has 3 unspecified atom stereocenters. The van der Waals surface area contributed by atoms with Crippen molar-refractivity contribution >= 4 is 0 Å². The Labute approximate surface area is 115 Å². The molecule has 2 fully saturated rings. The Morgan fingerprint density at radius 1 is 1.11 bits per heavy atom. The lowest BCUT2D eigenvalue weighted by Gasteiger charge is -2.63. The molecule has 18 heavy (non-hydrogen) atoms. The van der Waals surface area contributed by atoms with E-state index in [0.29, 0.717) is 10.8 Å². The molecular weight excluding hydrogens is 216 g/mol. The molecule has 0 aromatic heterocycles. The fraction of sp³-hybridized carbons (Fsp3) is 1.00. The molecule has 0 aliphatic heterocycles. The predicted octanol–water partition coefficient (Wildman–Crippen LogP) is 6.06. The van der Waals surface area contributed by atoms with Crippen LogP contribution in [0.5, 0.6) is 0 Å². The highest BCUT2D eigenvalue weighted by atomic mass is 14.6. The van der Waals surface area contributed by atoms with Gasteiger partial charge in [0.05, 0.1) is 0 Å². The van der Waals surface area contributed by atoms with Crippen LogP contribution in [0.3, 0.4) is 0 Å². The molecule has 0 bridgehead atoms. The van der Waals surface area contributed by atoms with Gasteiger partial charge in [-0.2, -0.15) is 0 Å². The molecule has 0 radical (unpaired) electrons. The van der Waals surface area contributed by atoms with E-state index in [1.807, 2.05) is 0 Å². The Balaban J connectivity index is 2.17. The highest BCUT2D eigenvalue weighted by molar-refractivity contribution is 5.07. The maximum atomic E-state index is 2.60. The van der Waals surface area contributed by atoms with Crippen molar-refractivity contribution in [2.24, 2.45) is 28.1 Å². The largest absolute Gasteiger partial charge is 0.0648 e. The third kappa shape index (κ3) is 1.78. The highest BCUT2D eigenvalue weighted by Gasteiger charge is 2.57. The van der Waals surface area contributed by atoms with E-state index in [9.17, 15) is 0 Å². The minimum atomic E-state index is 0.561. The summed E-state index contributed by atoms with van der Waals surface area (Å²) in [6, 6.07) is 0. The van der Waals surface area contributed by atoms with E-state index >= 15 is 0 Å². The molecule has 2 saturated carbocycles. The second-order valence-electron chi connectivity index (χ2n) is 8.16. The van der Waals surface area contributed by atoms with Gasteiger partial charge < -0.3 is 0 Å². The first-order valence-electron chi connectivity index (χ1n) is 8.33. The van der Waals surface area contributed by atoms with Crippen molar-refractivity contribution in [3.05, 3.63) is 0 Å². The summed E-state index contributed by atoms with van der Waals surface area (Å²) in [6.45, 7) is 14.9. The lowest BCUT2D eigenvalue weighted by molar-refractivity contribution is -0.132. The van der Waals surface area contributed by atoms with Gasteiger partial charge in [-0.05, 0) is 60.2 Å². The minimum absolute atomic E-state index is 0.561. The van der Waals surface area contributed by atoms with Gasteiger partial charge in [-0.1, -0.05) is 54.4 Å². The maximum Gasteiger partial charge on any atom is -0.0246 e. The monoisotopic (exact) mass is 250 g/mol. The molecule has 0 nitrogen and oxygen atoms in total. The van der Waals surface area contributed by atoms with E-state index < -0.39 is 0 Å². The van der Waals surface area contributed by atoms with Crippen LogP contribution in [0.15, 0.2) is 0 Å². The van der Waals surface area contributed by atoms with Gasteiger partial charge in [0.25, 0.3) is 0 Å². The summed E-state index contributed by atoms with van der Waals surface area (Å²) in [6.07, 6.45) is 10.2. The van der Waals surface area contributed by atoms with E-state index in [0.717, 1.165) is 17.3 Å². The van der Waals surface area contributed by atoms with Gasteiger partial charge >= 0.3 is 0 Å². The standard InChI is InChI=1S/C18H34/c1-7-16(5,8-2)17(6)11-12-18(14(3)4)10-9-15(18)13-17/h14-15H,7-13H2,1-6H3. The molecule has 106 valence electrons. The normalized spacial score (nSPS) is 40.5. The molecule has 0 aromatic rings. The average molecular weight is 250 g/mol. The molecule has 0 saturated heterocycles. The molecule has 0 amide bonds. The lowest BCUT2D eigenvalue weighted by Crippen LogP contribution is -2.54. The highest BCUT2D eigenvalue weighted by Crippen LogP contribution is 2.67. The van der Waals surface area contributed by atoms with Crippen LogP contribution < -0.4 is 0 Å². The summed E-state index contributed by atoms with van der Waals surface area (Å²) in [5.41, 5.74) is 1.90. The van der Waals surface area contributed by atoms with Gasteiger partial charge in [-0.15, -0.1) is 0 Å².